The molecule has 5 aromatic heterocycles. The van der Waals surface area contributed by atoms with Crippen LogP contribution in [0.3, 0.4) is 0 Å². The van der Waals surface area contributed by atoms with Crippen LogP contribution < -0.4 is 0 Å². The summed E-state index contributed by atoms with van der Waals surface area (Å²) in [6.07, 6.45) is 66.8. The van der Waals surface area contributed by atoms with Crippen molar-refractivity contribution in [3.63, 3.8) is 0 Å². The Labute approximate surface area is 469 Å². The first-order valence-electron chi connectivity index (χ1n) is 30.6. The van der Waals surface area contributed by atoms with E-state index in [-0.39, 0.29) is 0 Å². The monoisotopic (exact) mass is 1080 g/mol. The zero-order chi connectivity index (χ0) is 51.6. The Bertz CT molecular complexity index is 2110. The Balaban J connectivity index is 1.23. The summed E-state index contributed by atoms with van der Waals surface area (Å²) in [5.74, 6) is 6.30. The molecule has 0 fully saturated rings. The molecule has 73 heavy (non-hydrogen) atoms. The van der Waals surface area contributed by atoms with Crippen molar-refractivity contribution in [3.8, 4) is 63.7 Å². The topological polar surface area (TPSA) is 0 Å². The van der Waals surface area contributed by atoms with Crippen molar-refractivity contribution >= 4 is 56.7 Å². The Morgan fingerprint density at radius 2 is 0.562 bits per heavy atom. The van der Waals surface area contributed by atoms with E-state index in [0.29, 0.717) is 0 Å². The molecule has 0 spiro atoms. The molecule has 0 atom stereocenters. The van der Waals surface area contributed by atoms with E-state index in [9.17, 15) is 0 Å². The van der Waals surface area contributed by atoms with E-state index in [1.165, 1.54) is 293 Å². The first-order valence-corrected chi connectivity index (χ1v) is 34.7. The fourth-order valence-corrected chi connectivity index (χ4v) is 17.0. The summed E-state index contributed by atoms with van der Waals surface area (Å²) in [5, 5.41) is 0. The van der Waals surface area contributed by atoms with E-state index < -0.39 is 0 Å². The smallest absolute Gasteiger partial charge is 0.0605 e. The highest BCUT2D eigenvalue weighted by Gasteiger charge is 2.25. The van der Waals surface area contributed by atoms with Gasteiger partial charge in [0, 0.05) is 50.1 Å². The van der Waals surface area contributed by atoms with Gasteiger partial charge in [-0.05, 0) is 98.9 Å². The van der Waals surface area contributed by atoms with E-state index in [0.717, 1.165) is 24.0 Å². The summed E-state index contributed by atoms with van der Waals surface area (Å²) < 4.78 is 0. The molecule has 0 bridgehead atoms. The number of rotatable bonds is 44. The average Bonchev–Trinajstić information content (AvgIpc) is 4.27. The van der Waals surface area contributed by atoms with Crippen LogP contribution in [-0.4, -0.2) is 0 Å². The van der Waals surface area contributed by atoms with Crippen molar-refractivity contribution < 1.29 is 0 Å². The molecule has 0 saturated carbocycles. The lowest BCUT2D eigenvalue weighted by Crippen LogP contribution is -1.95. The summed E-state index contributed by atoms with van der Waals surface area (Å²) in [5.41, 5.74) is 5.27. The minimum absolute atomic E-state index is 1.05. The lowest BCUT2D eigenvalue weighted by molar-refractivity contribution is 0.536. The van der Waals surface area contributed by atoms with Crippen molar-refractivity contribution in [1.82, 2.24) is 0 Å². The van der Waals surface area contributed by atoms with Gasteiger partial charge in [-0.25, -0.2) is 0 Å². The van der Waals surface area contributed by atoms with Gasteiger partial charge in [0.25, 0.3) is 0 Å². The fraction of sp³-hybridized carbons (Fsp3) is 0.647. The molecule has 0 amide bonds. The fourth-order valence-electron chi connectivity index (χ4n) is 10.7. The van der Waals surface area contributed by atoms with Crippen molar-refractivity contribution in [2.75, 3.05) is 0 Å². The average molecular weight is 1080 g/mol. The summed E-state index contributed by atoms with van der Waals surface area (Å²) in [6.45, 7) is 9.26. The molecule has 0 nitrogen and oxygen atoms in total. The Morgan fingerprint density at radius 1 is 0.288 bits per heavy atom. The Kier molecular flexibility index (Phi) is 32.2. The quantitative estimate of drug-likeness (QED) is 0.0269. The van der Waals surface area contributed by atoms with Crippen LogP contribution in [0.2, 0.25) is 0 Å². The van der Waals surface area contributed by atoms with E-state index in [1.807, 2.05) is 56.7 Å². The minimum atomic E-state index is 1.05. The molecule has 5 aromatic rings. The molecule has 0 unspecified atom stereocenters. The van der Waals surface area contributed by atoms with E-state index in [2.05, 4.69) is 75.9 Å². The number of aryl methyl sites for hydroxylation is 2. The van der Waals surface area contributed by atoms with Crippen LogP contribution in [0.25, 0.3) is 39.0 Å². The van der Waals surface area contributed by atoms with Crippen LogP contribution in [0.1, 0.15) is 291 Å². The van der Waals surface area contributed by atoms with Crippen LogP contribution >= 0.6 is 56.7 Å². The SMILES string of the molecule is C#Cc1cc(-c2sc(-c3cc(C#C)c(-c4ccc(CCCCCCCCCCCCCCCC)s4)s3)c(CCCCCC)c2CCCCCC)sc1-c1ccc(CCCCCCCCCCCCCCCC)s1. The van der Waals surface area contributed by atoms with Crippen LogP contribution in [0.5, 0.6) is 0 Å². The Hall–Kier alpha value is -2.38. The highest BCUT2D eigenvalue weighted by Crippen LogP contribution is 2.51. The summed E-state index contributed by atoms with van der Waals surface area (Å²) in [4.78, 5) is 13.8. The Morgan fingerprint density at radius 3 is 0.863 bits per heavy atom. The summed E-state index contributed by atoms with van der Waals surface area (Å²) in [7, 11) is 0. The number of hydrogen-bond donors (Lipinski definition) is 0. The third-order valence-electron chi connectivity index (χ3n) is 15.2. The lowest BCUT2D eigenvalue weighted by atomic mass is 9.96. The third-order valence-corrected chi connectivity index (χ3v) is 21.8. The van der Waals surface area contributed by atoms with Crippen LogP contribution in [0, 0.1) is 24.7 Å². The van der Waals surface area contributed by atoms with Crippen LogP contribution in [0.4, 0.5) is 0 Å². The molecule has 0 N–H and O–H groups in total. The predicted molar refractivity (Wildman–Crippen MR) is 337 cm³/mol. The van der Waals surface area contributed by atoms with Gasteiger partial charge in [0.1, 0.15) is 0 Å². The minimum Gasteiger partial charge on any atom is -0.139 e. The van der Waals surface area contributed by atoms with Gasteiger partial charge < -0.3 is 0 Å². The molecule has 0 aromatic carbocycles. The van der Waals surface area contributed by atoms with Crippen molar-refractivity contribution in [3.05, 3.63) is 68.4 Å². The largest absolute Gasteiger partial charge is 0.139 e. The molecular formula is C68H100S5. The molecular weight excluding hydrogens is 977 g/mol. The number of unbranched alkanes of at least 4 members (excludes halogenated alkanes) is 32. The van der Waals surface area contributed by atoms with Crippen molar-refractivity contribution in [2.24, 2.45) is 0 Å². The van der Waals surface area contributed by atoms with Crippen molar-refractivity contribution in [1.29, 1.82) is 0 Å². The second kappa shape index (κ2) is 38.2. The van der Waals surface area contributed by atoms with Gasteiger partial charge in [-0.2, -0.15) is 0 Å². The number of terminal acetylenes is 2. The maximum absolute atomic E-state index is 6.37. The van der Waals surface area contributed by atoms with Crippen molar-refractivity contribution in [2.45, 2.75) is 285 Å². The molecule has 5 rings (SSSR count). The molecule has 5 heterocycles. The molecule has 0 saturated heterocycles. The molecule has 402 valence electrons. The van der Waals surface area contributed by atoms with Gasteiger partial charge in [-0.3, -0.25) is 0 Å². The van der Waals surface area contributed by atoms with Gasteiger partial charge in [0.05, 0.1) is 9.75 Å². The third kappa shape index (κ3) is 22.2. The lowest BCUT2D eigenvalue weighted by Gasteiger charge is -2.09. The van der Waals surface area contributed by atoms with Gasteiger partial charge in [0.15, 0.2) is 0 Å². The first-order chi connectivity index (χ1) is 36.0. The van der Waals surface area contributed by atoms with E-state index in [4.69, 9.17) is 12.8 Å². The highest BCUT2D eigenvalue weighted by atomic mass is 32.1. The second-order valence-corrected chi connectivity index (χ2v) is 27.0. The molecule has 0 aliphatic rings. The van der Waals surface area contributed by atoms with E-state index in [1.54, 1.807) is 11.1 Å². The van der Waals surface area contributed by atoms with Gasteiger partial charge in [-0.1, -0.05) is 245 Å². The highest BCUT2D eigenvalue weighted by molar-refractivity contribution is 7.30. The van der Waals surface area contributed by atoms with Gasteiger partial charge in [-0.15, -0.1) is 69.5 Å². The zero-order valence-corrected chi connectivity index (χ0v) is 51.0. The normalized spacial score (nSPS) is 11.5. The maximum atomic E-state index is 6.37. The predicted octanol–water partition coefficient (Wildman–Crippen LogP) is 24.9. The standard InChI is InChI=1S/C68H100S5/c1-7-13-17-21-23-25-27-29-31-33-35-37-39-41-45-57-49-51-61(69-57)65-55(11-5)53-63(71-65)67-59(47-43-19-15-9-3)60(48-44-20-16-10-4)68(73-67)64-54-56(12-6)66(72-64)62-52-50-58(70-62)46-42-40-38-36-34-32-30-28-26-24-22-18-14-8-2/h5-6,49-54H,7-10,13-48H2,1-4H3. The summed E-state index contributed by atoms with van der Waals surface area (Å²) in [6, 6.07) is 14.2. The van der Waals surface area contributed by atoms with Gasteiger partial charge in [0.2, 0.25) is 0 Å². The maximum Gasteiger partial charge on any atom is 0.0605 e. The first kappa shape index (κ1) is 61.5. The second-order valence-electron chi connectivity index (χ2n) is 21.6. The van der Waals surface area contributed by atoms with Crippen LogP contribution in [0.15, 0.2) is 36.4 Å². The molecule has 5 heteroatoms. The van der Waals surface area contributed by atoms with Crippen LogP contribution in [-0.2, 0) is 25.7 Å². The molecule has 0 aliphatic heterocycles. The summed E-state index contributed by atoms with van der Waals surface area (Å²) >= 11 is 9.86. The van der Waals surface area contributed by atoms with E-state index >= 15 is 0 Å². The number of hydrogen-bond acceptors (Lipinski definition) is 5. The number of thiophene rings is 5. The molecule has 0 aliphatic carbocycles. The zero-order valence-electron chi connectivity index (χ0n) is 46.9. The molecule has 0 radical (unpaired) electrons. The van der Waals surface area contributed by atoms with Gasteiger partial charge >= 0.3 is 0 Å².